The zero-order valence-electron chi connectivity index (χ0n) is 14.2. The molecule has 2 N–H and O–H groups in total. The first-order valence-corrected chi connectivity index (χ1v) is 9.38. The van der Waals surface area contributed by atoms with Crippen LogP contribution in [-0.2, 0) is 4.79 Å². The predicted molar refractivity (Wildman–Crippen MR) is 115 cm³/mol. The van der Waals surface area contributed by atoms with Crippen LogP contribution in [0.25, 0.3) is 33.3 Å². The van der Waals surface area contributed by atoms with Gasteiger partial charge < -0.3 is 15.1 Å². The van der Waals surface area contributed by atoms with Crippen molar-refractivity contribution in [2.75, 3.05) is 5.32 Å². The van der Waals surface area contributed by atoms with Crippen molar-refractivity contribution in [3.05, 3.63) is 59.1 Å². The highest BCUT2D eigenvalue weighted by Crippen LogP contribution is 2.34. The number of anilines is 1. The summed E-state index contributed by atoms with van der Waals surface area (Å²) in [6, 6.07) is 17.5. The number of nitrogens with one attached hydrogen (secondary N) is 2. The molecule has 0 aliphatic rings. The van der Waals surface area contributed by atoms with Crippen LogP contribution >= 0.6 is 28.1 Å². The third-order valence-electron chi connectivity index (χ3n) is 4.03. The van der Waals surface area contributed by atoms with Gasteiger partial charge in [0.2, 0.25) is 11.8 Å². The third-order valence-corrected chi connectivity index (χ3v) is 4.93. The standard InChI is InChI=1S/C20H14BrN3O2S/c1-11(25)22-20(27)23-12-8-9-18-17(10-12)24-19(26-18)15-6-2-5-14-13(15)4-3-7-16(14)21/h2-10H,1H3,(H2,22,23,25,27). The maximum absolute atomic E-state index is 11.1. The Morgan fingerprint density at radius 2 is 1.89 bits per heavy atom. The number of benzene rings is 3. The van der Waals surface area contributed by atoms with Crippen LogP contribution in [0.4, 0.5) is 5.69 Å². The first kappa shape index (κ1) is 17.6. The van der Waals surface area contributed by atoms with Gasteiger partial charge in [-0.25, -0.2) is 4.98 Å². The molecule has 1 aromatic heterocycles. The molecule has 4 rings (SSSR count). The monoisotopic (exact) mass is 439 g/mol. The summed E-state index contributed by atoms with van der Waals surface area (Å²) in [6.45, 7) is 1.41. The van der Waals surface area contributed by atoms with Crippen molar-refractivity contribution in [3.63, 3.8) is 0 Å². The lowest BCUT2D eigenvalue weighted by atomic mass is 10.0. The van der Waals surface area contributed by atoms with E-state index in [1.807, 2.05) is 48.5 Å². The summed E-state index contributed by atoms with van der Waals surface area (Å²) in [6.07, 6.45) is 0. The van der Waals surface area contributed by atoms with Gasteiger partial charge >= 0.3 is 0 Å². The van der Waals surface area contributed by atoms with Gasteiger partial charge in [-0.05, 0) is 53.3 Å². The van der Waals surface area contributed by atoms with Gasteiger partial charge in [0.1, 0.15) is 5.52 Å². The Labute approximate surface area is 168 Å². The molecule has 1 amide bonds. The van der Waals surface area contributed by atoms with Gasteiger partial charge in [-0.15, -0.1) is 0 Å². The maximum atomic E-state index is 11.1. The maximum Gasteiger partial charge on any atom is 0.227 e. The molecule has 0 saturated carbocycles. The van der Waals surface area contributed by atoms with E-state index in [4.69, 9.17) is 16.6 Å². The van der Waals surface area contributed by atoms with Crippen LogP contribution in [0, 0.1) is 0 Å². The summed E-state index contributed by atoms with van der Waals surface area (Å²) in [7, 11) is 0. The average Bonchev–Trinajstić information content (AvgIpc) is 3.04. The van der Waals surface area contributed by atoms with E-state index in [-0.39, 0.29) is 11.0 Å². The highest BCUT2D eigenvalue weighted by molar-refractivity contribution is 9.10. The molecule has 0 bridgehead atoms. The topological polar surface area (TPSA) is 67.2 Å². The van der Waals surface area contributed by atoms with Gasteiger partial charge in [-0.2, -0.15) is 0 Å². The second-order valence-corrected chi connectivity index (χ2v) is 7.24. The number of rotatable bonds is 2. The fourth-order valence-corrected chi connectivity index (χ4v) is 3.66. The lowest BCUT2D eigenvalue weighted by molar-refractivity contribution is -0.117. The molecular formula is C20H14BrN3O2S. The normalized spacial score (nSPS) is 10.9. The molecule has 134 valence electrons. The highest BCUT2D eigenvalue weighted by atomic mass is 79.9. The van der Waals surface area contributed by atoms with Crippen molar-refractivity contribution >= 4 is 66.7 Å². The van der Waals surface area contributed by atoms with Gasteiger partial charge in [0, 0.05) is 22.6 Å². The minimum atomic E-state index is -0.223. The van der Waals surface area contributed by atoms with Crippen LogP contribution < -0.4 is 10.6 Å². The molecule has 0 aliphatic carbocycles. The van der Waals surface area contributed by atoms with Gasteiger partial charge in [-0.1, -0.05) is 40.2 Å². The molecule has 0 radical (unpaired) electrons. The second-order valence-electron chi connectivity index (χ2n) is 5.98. The van der Waals surface area contributed by atoms with Crippen LogP contribution in [0.5, 0.6) is 0 Å². The van der Waals surface area contributed by atoms with Gasteiger partial charge in [0.25, 0.3) is 0 Å². The number of nitrogens with zero attached hydrogens (tertiary/aromatic N) is 1. The number of thiocarbonyl (C=S) groups is 1. The lowest BCUT2D eigenvalue weighted by Gasteiger charge is -2.07. The molecule has 0 spiro atoms. The van der Waals surface area contributed by atoms with Crippen molar-refractivity contribution in [2.24, 2.45) is 0 Å². The minimum Gasteiger partial charge on any atom is -0.436 e. The molecule has 0 atom stereocenters. The summed E-state index contributed by atoms with van der Waals surface area (Å²) in [4.78, 5) is 15.7. The van der Waals surface area contributed by atoms with Crippen molar-refractivity contribution in [1.82, 2.24) is 10.3 Å². The number of hydrogen-bond donors (Lipinski definition) is 2. The SMILES string of the molecule is CC(=O)NC(=S)Nc1ccc2oc(-c3cccc4c(Br)cccc34)nc2c1. The van der Waals surface area contributed by atoms with Crippen molar-refractivity contribution in [3.8, 4) is 11.5 Å². The predicted octanol–water partition coefficient (Wildman–Crippen LogP) is 5.24. The quantitative estimate of drug-likeness (QED) is 0.417. The smallest absolute Gasteiger partial charge is 0.227 e. The number of halogens is 1. The van der Waals surface area contributed by atoms with E-state index in [2.05, 4.69) is 37.6 Å². The van der Waals surface area contributed by atoms with Crippen molar-refractivity contribution in [2.45, 2.75) is 6.92 Å². The van der Waals surface area contributed by atoms with Gasteiger partial charge in [0.15, 0.2) is 10.7 Å². The molecule has 0 unspecified atom stereocenters. The van der Waals surface area contributed by atoms with E-state index >= 15 is 0 Å². The molecule has 0 aliphatic heterocycles. The number of carbonyl (C=O) groups is 1. The fraction of sp³-hybridized carbons (Fsp3) is 0.0500. The van der Waals surface area contributed by atoms with Crippen molar-refractivity contribution < 1.29 is 9.21 Å². The Hall–Kier alpha value is -2.77. The van der Waals surface area contributed by atoms with Gasteiger partial charge in [-0.3, -0.25) is 4.79 Å². The van der Waals surface area contributed by atoms with Crippen LogP contribution in [0.2, 0.25) is 0 Å². The Balaban J connectivity index is 1.73. The van der Waals surface area contributed by atoms with Gasteiger partial charge in [0.05, 0.1) is 0 Å². The molecule has 5 nitrogen and oxygen atoms in total. The zero-order chi connectivity index (χ0) is 19.0. The highest BCUT2D eigenvalue weighted by Gasteiger charge is 2.13. The van der Waals surface area contributed by atoms with E-state index in [0.29, 0.717) is 17.0 Å². The molecule has 0 saturated heterocycles. The largest absolute Gasteiger partial charge is 0.436 e. The van der Waals surface area contributed by atoms with E-state index in [0.717, 1.165) is 26.5 Å². The number of carbonyl (C=O) groups excluding carboxylic acids is 1. The first-order chi connectivity index (χ1) is 13.0. The summed E-state index contributed by atoms with van der Waals surface area (Å²) < 4.78 is 6.99. The number of hydrogen-bond acceptors (Lipinski definition) is 4. The first-order valence-electron chi connectivity index (χ1n) is 8.18. The Morgan fingerprint density at radius 3 is 2.70 bits per heavy atom. The molecule has 27 heavy (non-hydrogen) atoms. The Morgan fingerprint density at radius 1 is 1.11 bits per heavy atom. The number of amides is 1. The fourth-order valence-electron chi connectivity index (χ4n) is 2.90. The second kappa shape index (κ2) is 7.09. The van der Waals surface area contributed by atoms with Crippen LogP contribution in [0.1, 0.15) is 6.92 Å². The van der Waals surface area contributed by atoms with E-state index in [1.165, 1.54) is 6.92 Å². The summed E-state index contributed by atoms with van der Waals surface area (Å²) in [5.41, 5.74) is 3.02. The minimum absolute atomic E-state index is 0.223. The van der Waals surface area contributed by atoms with Crippen molar-refractivity contribution in [1.29, 1.82) is 0 Å². The van der Waals surface area contributed by atoms with Crippen LogP contribution in [0.3, 0.4) is 0 Å². The molecule has 3 aromatic carbocycles. The van der Waals surface area contributed by atoms with Crippen LogP contribution in [0.15, 0.2) is 63.5 Å². The van der Waals surface area contributed by atoms with E-state index in [9.17, 15) is 4.79 Å². The Kier molecular flexibility index (Phi) is 4.63. The summed E-state index contributed by atoms with van der Waals surface area (Å²) in [5, 5.41) is 7.89. The number of fused-ring (bicyclic) bond motifs is 2. The third kappa shape index (κ3) is 3.56. The zero-order valence-corrected chi connectivity index (χ0v) is 16.6. The lowest BCUT2D eigenvalue weighted by Crippen LogP contribution is -2.32. The van der Waals surface area contributed by atoms with E-state index in [1.54, 1.807) is 0 Å². The van der Waals surface area contributed by atoms with Crippen LogP contribution in [-0.4, -0.2) is 16.0 Å². The molecular weight excluding hydrogens is 426 g/mol. The Bertz CT molecular complexity index is 1200. The molecule has 0 fully saturated rings. The summed E-state index contributed by atoms with van der Waals surface area (Å²) in [5.74, 6) is 0.328. The average molecular weight is 440 g/mol. The molecule has 7 heteroatoms. The molecule has 1 heterocycles. The number of aromatic nitrogens is 1. The number of oxazole rings is 1. The molecule has 4 aromatic rings. The van der Waals surface area contributed by atoms with E-state index < -0.39 is 0 Å². The summed E-state index contributed by atoms with van der Waals surface area (Å²) >= 11 is 8.68.